The summed E-state index contributed by atoms with van der Waals surface area (Å²) in [6.45, 7) is 0. The minimum Gasteiger partial charge on any atom is -0.496 e. The van der Waals surface area contributed by atoms with Crippen molar-refractivity contribution >= 4 is 35.0 Å². The van der Waals surface area contributed by atoms with Gasteiger partial charge in [0.05, 0.1) is 12.9 Å². The van der Waals surface area contributed by atoms with Crippen LogP contribution in [0.4, 0.5) is 5.69 Å². The fraction of sp³-hybridized carbons (Fsp3) is 0.188. The van der Waals surface area contributed by atoms with E-state index in [1.165, 1.54) is 0 Å². The van der Waals surface area contributed by atoms with Crippen molar-refractivity contribution in [3.63, 3.8) is 0 Å². The molecule has 1 heterocycles. The Hall–Kier alpha value is -1.65. The molecule has 0 aliphatic carbocycles. The summed E-state index contributed by atoms with van der Waals surface area (Å²) in [5.74, 6) is 1.35. The number of carbonyl (C=O) groups is 1. The molecule has 108 valence electrons. The zero-order valence-electron chi connectivity index (χ0n) is 11.5. The number of anilines is 1. The normalized spacial score (nSPS) is 18.1. The number of methoxy groups -OCH3 is 1. The van der Waals surface area contributed by atoms with Gasteiger partial charge in [-0.2, -0.15) is 0 Å². The van der Waals surface area contributed by atoms with E-state index in [1.807, 2.05) is 36.4 Å². The smallest absolute Gasteiger partial charge is 0.238 e. The van der Waals surface area contributed by atoms with Crippen LogP contribution in [0.1, 0.15) is 10.9 Å². The number of hydrogen-bond acceptors (Lipinski definition) is 3. The molecular formula is C16H14ClNO2S. The molecule has 3 rings (SSSR count). The van der Waals surface area contributed by atoms with E-state index in [-0.39, 0.29) is 11.3 Å². The number of rotatable bonds is 3. The topological polar surface area (TPSA) is 29.5 Å². The van der Waals surface area contributed by atoms with Crippen molar-refractivity contribution in [2.75, 3.05) is 17.8 Å². The highest BCUT2D eigenvalue weighted by molar-refractivity contribution is 8.00. The first kappa shape index (κ1) is 14.3. The van der Waals surface area contributed by atoms with Gasteiger partial charge in [0.25, 0.3) is 0 Å². The lowest BCUT2D eigenvalue weighted by Crippen LogP contribution is -2.27. The van der Waals surface area contributed by atoms with Gasteiger partial charge in [-0.3, -0.25) is 9.69 Å². The predicted octanol–water partition coefficient (Wildman–Crippen LogP) is 4.13. The van der Waals surface area contributed by atoms with Crippen molar-refractivity contribution in [1.82, 2.24) is 0 Å². The highest BCUT2D eigenvalue weighted by Crippen LogP contribution is 2.44. The monoisotopic (exact) mass is 319 g/mol. The number of hydrogen-bond donors (Lipinski definition) is 0. The van der Waals surface area contributed by atoms with E-state index in [0.29, 0.717) is 10.8 Å². The van der Waals surface area contributed by atoms with Gasteiger partial charge in [0.1, 0.15) is 11.1 Å². The van der Waals surface area contributed by atoms with Crippen LogP contribution in [-0.2, 0) is 4.79 Å². The van der Waals surface area contributed by atoms with E-state index in [4.69, 9.17) is 16.3 Å². The molecule has 0 N–H and O–H groups in total. The molecule has 0 aromatic heterocycles. The van der Waals surface area contributed by atoms with Crippen LogP contribution in [0.5, 0.6) is 5.75 Å². The highest BCUT2D eigenvalue weighted by atomic mass is 35.5. The summed E-state index contributed by atoms with van der Waals surface area (Å²) in [5, 5.41) is 0.585. The number of thioether (sulfide) groups is 1. The number of para-hydroxylation sites is 1. The molecule has 21 heavy (non-hydrogen) atoms. The van der Waals surface area contributed by atoms with E-state index in [0.717, 1.165) is 17.0 Å². The number of benzene rings is 2. The Morgan fingerprint density at radius 1 is 1.19 bits per heavy atom. The fourth-order valence-corrected chi connectivity index (χ4v) is 3.73. The van der Waals surface area contributed by atoms with Crippen molar-refractivity contribution < 1.29 is 9.53 Å². The first-order chi connectivity index (χ1) is 10.2. The number of ether oxygens (including phenoxy) is 1. The molecule has 0 unspecified atom stereocenters. The van der Waals surface area contributed by atoms with Crippen molar-refractivity contribution in [3.8, 4) is 5.75 Å². The third kappa shape index (κ3) is 2.74. The second kappa shape index (κ2) is 6.00. The first-order valence-corrected chi connectivity index (χ1v) is 7.95. The van der Waals surface area contributed by atoms with E-state index < -0.39 is 0 Å². The maximum absolute atomic E-state index is 12.3. The molecule has 0 radical (unpaired) electrons. The molecule has 3 nitrogen and oxygen atoms in total. The third-order valence-electron chi connectivity index (χ3n) is 3.38. The molecule has 5 heteroatoms. The van der Waals surface area contributed by atoms with E-state index >= 15 is 0 Å². The summed E-state index contributed by atoms with van der Waals surface area (Å²) >= 11 is 7.53. The van der Waals surface area contributed by atoms with Crippen LogP contribution in [0.15, 0.2) is 48.5 Å². The Morgan fingerprint density at radius 3 is 2.62 bits per heavy atom. The average molecular weight is 320 g/mol. The molecule has 0 saturated carbocycles. The maximum atomic E-state index is 12.3. The zero-order valence-corrected chi connectivity index (χ0v) is 13.0. The van der Waals surface area contributed by atoms with Gasteiger partial charge < -0.3 is 4.74 Å². The second-order valence-corrected chi connectivity index (χ2v) is 6.15. The molecule has 0 bridgehead atoms. The summed E-state index contributed by atoms with van der Waals surface area (Å²) in [6, 6.07) is 15.1. The highest BCUT2D eigenvalue weighted by Gasteiger charge is 2.35. The lowest BCUT2D eigenvalue weighted by atomic mass is 10.1. The SMILES string of the molecule is COc1ccccc1[C@@H]1SCC(=O)N1c1ccc(Cl)cc1. The quantitative estimate of drug-likeness (QED) is 0.852. The molecule has 2 aromatic rings. The Bertz CT molecular complexity index is 660. The fourth-order valence-electron chi connectivity index (χ4n) is 2.41. The molecule has 0 spiro atoms. The lowest BCUT2D eigenvalue weighted by molar-refractivity contribution is -0.115. The Kier molecular flexibility index (Phi) is 4.08. The van der Waals surface area contributed by atoms with Gasteiger partial charge in [-0.25, -0.2) is 0 Å². The van der Waals surface area contributed by atoms with Gasteiger partial charge in [0.2, 0.25) is 5.91 Å². The summed E-state index contributed by atoms with van der Waals surface area (Å²) < 4.78 is 5.42. The van der Waals surface area contributed by atoms with Gasteiger partial charge in [0.15, 0.2) is 0 Å². The molecule has 1 fully saturated rings. The number of halogens is 1. The van der Waals surface area contributed by atoms with Crippen LogP contribution >= 0.6 is 23.4 Å². The van der Waals surface area contributed by atoms with Crippen molar-refractivity contribution in [2.45, 2.75) is 5.37 Å². The third-order valence-corrected chi connectivity index (χ3v) is 4.82. The molecule has 1 atom stereocenters. The van der Waals surface area contributed by atoms with Gasteiger partial charge in [-0.15, -0.1) is 11.8 Å². The Balaban J connectivity index is 2.01. The Labute approximate surface area is 132 Å². The first-order valence-electron chi connectivity index (χ1n) is 6.53. The van der Waals surface area contributed by atoms with Gasteiger partial charge in [0, 0.05) is 16.3 Å². The number of nitrogens with zero attached hydrogens (tertiary/aromatic N) is 1. The second-order valence-electron chi connectivity index (χ2n) is 4.65. The predicted molar refractivity (Wildman–Crippen MR) is 87.1 cm³/mol. The van der Waals surface area contributed by atoms with Crippen LogP contribution in [0.2, 0.25) is 5.02 Å². The molecule has 1 amide bonds. The Morgan fingerprint density at radius 2 is 1.90 bits per heavy atom. The molecular weight excluding hydrogens is 306 g/mol. The molecule has 2 aromatic carbocycles. The van der Waals surface area contributed by atoms with Crippen molar-refractivity contribution in [1.29, 1.82) is 0 Å². The summed E-state index contributed by atoms with van der Waals surface area (Å²) in [6.07, 6.45) is 0. The molecule has 1 aliphatic rings. The van der Waals surface area contributed by atoms with Gasteiger partial charge >= 0.3 is 0 Å². The number of carbonyl (C=O) groups excluding carboxylic acids is 1. The minimum absolute atomic E-state index is 0.0742. The van der Waals surface area contributed by atoms with Crippen LogP contribution in [0, 0.1) is 0 Å². The van der Waals surface area contributed by atoms with Crippen LogP contribution in [0.25, 0.3) is 0 Å². The molecule has 1 aliphatic heterocycles. The zero-order chi connectivity index (χ0) is 14.8. The number of amides is 1. The van der Waals surface area contributed by atoms with E-state index in [1.54, 1.807) is 35.9 Å². The largest absolute Gasteiger partial charge is 0.496 e. The average Bonchev–Trinajstić information content (AvgIpc) is 2.90. The lowest BCUT2D eigenvalue weighted by Gasteiger charge is -2.25. The summed E-state index contributed by atoms with van der Waals surface area (Å²) in [7, 11) is 1.65. The van der Waals surface area contributed by atoms with E-state index in [9.17, 15) is 4.79 Å². The summed E-state index contributed by atoms with van der Waals surface area (Å²) in [4.78, 5) is 14.1. The van der Waals surface area contributed by atoms with E-state index in [2.05, 4.69) is 0 Å². The van der Waals surface area contributed by atoms with Crippen molar-refractivity contribution in [2.24, 2.45) is 0 Å². The maximum Gasteiger partial charge on any atom is 0.238 e. The van der Waals surface area contributed by atoms with Crippen LogP contribution in [0.3, 0.4) is 0 Å². The van der Waals surface area contributed by atoms with Crippen LogP contribution in [-0.4, -0.2) is 18.8 Å². The van der Waals surface area contributed by atoms with Crippen LogP contribution < -0.4 is 9.64 Å². The van der Waals surface area contributed by atoms with Gasteiger partial charge in [-0.05, 0) is 30.3 Å². The molecule has 1 saturated heterocycles. The summed E-state index contributed by atoms with van der Waals surface area (Å²) in [5.41, 5.74) is 1.86. The minimum atomic E-state index is -0.0742. The van der Waals surface area contributed by atoms with Crippen molar-refractivity contribution in [3.05, 3.63) is 59.1 Å². The van der Waals surface area contributed by atoms with Gasteiger partial charge in [-0.1, -0.05) is 29.8 Å². The standard InChI is InChI=1S/C16H14ClNO2S/c1-20-14-5-3-2-4-13(14)16-18(15(19)10-21-16)12-8-6-11(17)7-9-12/h2-9,16H,10H2,1H3/t16-/m0/s1.